The van der Waals surface area contributed by atoms with Crippen molar-refractivity contribution in [3.05, 3.63) is 18.0 Å². The van der Waals surface area contributed by atoms with Crippen molar-refractivity contribution in [3.8, 4) is 0 Å². The molecule has 1 aliphatic rings. The molecule has 2 heterocycles. The fraction of sp³-hybridized carbons (Fsp3) is 0.667. The van der Waals surface area contributed by atoms with E-state index in [4.69, 9.17) is 0 Å². The van der Waals surface area contributed by atoms with Gasteiger partial charge in [-0.3, -0.25) is 5.10 Å². The zero-order chi connectivity index (χ0) is 8.39. The number of rotatable bonds is 1. The predicted octanol–water partition coefficient (Wildman–Crippen LogP) is 1.47. The summed E-state index contributed by atoms with van der Waals surface area (Å²) >= 11 is 0. The van der Waals surface area contributed by atoms with E-state index in [1.165, 1.54) is 12.8 Å². The van der Waals surface area contributed by atoms with Crippen LogP contribution in [-0.2, 0) is 0 Å². The maximum absolute atomic E-state index is 4.18. The quantitative estimate of drug-likeness (QED) is 0.661. The van der Waals surface area contributed by atoms with Gasteiger partial charge in [0.25, 0.3) is 0 Å². The number of piperidine rings is 1. The van der Waals surface area contributed by atoms with Crippen molar-refractivity contribution in [1.29, 1.82) is 0 Å². The van der Waals surface area contributed by atoms with Crippen LogP contribution in [0.2, 0.25) is 0 Å². The number of H-pyrrole nitrogens is 1. The second-order valence-electron chi connectivity index (χ2n) is 3.64. The average Bonchev–Trinajstić information content (AvgIpc) is 2.58. The van der Waals surface area contributed by atoms with E-state index in [1.807, 2.05) is 12.3 Å². The van der Waals surface area contributed by atoms with Crippen molar-refractivity contribution in [2.24, 2.45) is 5.92 Å². The zero-order valence-corrected chi connectivity index (χ0v) is 7.38. The van der Waals surface area contributed by atoms with Crippen molar-refractivity contribution in [2.75, 3.05) is 6.54 Å². The van der Waals surface area contributed by atoms with Crippen LogP contribution in [0.5, 0.6) is 0 Å². The number of aromatic nitrogens is 2. The van der Waals surface area contributed by atoms with Gasteiger partial charge in [0.15, 0.2) is 0 Å². The van der Waals surface area contributed by atoms with Gasteiger partial charge in [0, 0.05) is 6.20 Å². The number of hydrogen-bond donors (Lipinski definition) is 2. The van der Waals surface area contributed by atoms with Crippen LogP contribution >= 0.6 is 0 Å². The van der Waals surface area contributed by atoms with E-state index in [2.05, 4.69) is 22.4 Å². The summed E-state index contributed by atoms with van der Waals surface area (Å²) < 4.78 is 0. The highest BCUT2D eigenvalue weighted by Gasteiger charge is 2.19. The predicted molar refractivity (Wildman–Crippen MR) is 47.7 cm³/mol. The van der Waals surface area contributed by atoms with E-state index < -0.39 is 0 Å². The summed E-state index contributed by atoms with van der Waals surface area (Å²) in [5.41, 5.74) is 1.15. The molecule has 1 saturated heterocycles. The first kappa shape index (κ1) is 7.80. The summed E-state index contributed by atoms with van der Waals surface area (Å²) in [5, 5.41) is 10.5. The Kier molecular flexibility index (Phi) is 2.13. The maximum Gasteiger partial charge on any atom is 0.0791 e. The molecule has 2 rings (SSSR count). The minimum Gasteiger partial charge on any atom is -0.308 e. The molecule has 3 heteroatoms. The molecule has 0 saturated carbocycles. The molecular formula is C9H15N3. The van der Waals surface area contributed by atoms with Gasteiger partial charge in [-0.25, -0.2) is 0 Å². The van der Waals surface area contributed by atoms with Gasteiger partial charge in [-0.1, -0.05) is 6.92 Å². The Bertz CT molecular complexity index is 222. The minimum absolute atomic E-state index is 0.479. The Morgan fingerprint density at radius 2 is 2.42 bits per heavy atom. The first-order valence-electron chi connectivity index (χ1n) is 4.59. The van der Waals surface area contributed by atoms with Gasteiger partial charge >= 0.3 is 0 Å². The zero-order valence-electron chi connectivity index (χ0n) is 7.38. The SMILES string of the molecule is CC1CC[C@@H](c2cc[nH]n2)NC1. The molecule has 0 radical (unpaired) electrons. The van der Waals surface area contributed by atoms with Crippen LogP contribution in [0.25, 0.3) is 0 Å². The molecular weight excluding hydrogens is 150 g/mol. The molecule has 2 atom stereocenters. The van der Waals surface area contributed by atoms with E-state index in [-0.39, 0.29) is 0 Å². The fourth-order valence-corrected chi connectivity index (χ4v) is 1.72. The lowest BCUT2D eigenvalue weighted by Crippen LogP contribution is -2.32. The first-order valence-corrected chi connectivity index (χ1v) is 4.59. The minimum atomic E-state index is 0.479. The van der Waals surface area contributed by atoms with Gasteiger partial charge in [0.2, 0.25) is 0 Å². The molecule has 1 aromatic heterocycles. The lowest BCUT2D eigenvalue weighted by Gasteiger charge is -2.26. The van der Waals surface area contributed by atoms with E-state index in [0.717, 1.165) is 18.2 Å². The lowest BCUT2D eigenvalue weighted by molar-refractivity contribution is 0.328. The highest BCUT2D eigenvalue weighted by molar-refractivity contribution is 5.05. The standard InChI is InChI=1S/C9H15N3/c1-7-2-3-8(10-6-7)9-4-5-11-12-9/h4-5,7-8,10H,2-3,6H2,1H3,(H,11,12)/t7?,8-/m0/s1. The van der Waals surface area contributed by atoms with Crippen molar-refractivity contribution in [2.45, 2.75) is 25.8 Å². The van der Waals surface area contributed by atoms with Crippen LogP contribution in [-0.4, -0.2) is 16.7 Å². The number of nitrogens with zero attached hydrogens (tertiary/aromatic N) is 1. The monoisotopic (exact) mass is 165 g/mol. The molecule has 0 spiro atoms. The summed E-state index contributed by atoms with van der Waals surface area (Å²) in [6, 6.07) is 2.53. The summed E-state index contributed by atoms with van der Waals surface area (Å²) in [4.78, 5) is 0. The summed E-state index contributed by atoms with van der Waals surface area (Å²) in [7, 11) is 0. The van der Waals surface area contributed by atoms with Gasteiger partial charge in [-0.2, -0.15) is 5.10 Å². The van der Waals surface area contributed by atoms with Crippen LogP contribution < -0.4 is 5.32 Å². The molecule has 1 unspecified atom stereocenters. The molecule has 3 nitrogen and oxygen atoms in total. The van der Waals surface area contributed by atoms with Crippen molar-refractivity contribution < 1.29 is 0 Å². The third-order valence-electron chi connectivity index (χ3n) is 2.54. The van der Waals surface area contributed by atoms with Gasteiger partial charge in [0.1, 0.15) is 0 Å². The Morgan fingerprint density at radius 3 is 3.00 bits per heavy atom. The number of aromatic amines is 1. The average molecular weight is 165 g/mol. The second kappa shape index (κ2) is 3.27. The molecule has 12 heavy (non-hydrogen) atoms. The first-order chi connectivity index (χ1) is 5.86. The normalized spacial score (nSPS) is 30.4. The fourth-order valence-electron chi connectivity index (χ4n) is 1.72. The Hall–Kier alpha value is -0.830. The van der Waals surface area contributed by atoms with Crippen LogP contribution in [0.3, 0.4) is 0 Å². The maximum atomic E-state index is 4.18. The third-order valence-corrected chi connectivity index (χ3v) is 2.54. The van der Waals surface area contributed by atoms with Crippen LogP contribution in [0.15, 0.2) is 12.3 Å². The highest BCUT2D eigenvalue weighted by atomic mass is 15.1. The molecule has 1 aromatic rings. The van der Waals surface area contributed by atoms with Crippen LogP contribution in [0.4, 0.5) is 0 Å². The highest BCUT2D eigenvalue weighted by Crippen LogP contribution is 2.23. The van der Waals surface area contributed by atoms with E-state index in [0.29, 0.717) is 6.04 Å². The molecule has 0 bridgehead atoms. The van der Waals surface area contributed by atoms with E-state index in [1.54, 1.807) is 0 Å². The van der Waals surface area contributed by atoms with Gasteiger partial charge in [-0.15, -0.1) is 0 Å². The number of nitrogens with one attached hydrogen (secondary N) is 2. The van der Waals surface area contributed by atoms with Gasteiger partial charge in [0.05, 0.1) is 11.7 Å². The van der Waals surface area contributed by atoms with Crippen molar-refractivity contribution >= 4 is 0 Å². The molecule has 1 aliphatic heterocycles. The second-order valence-corrected chi connectivity index (χ2v) is 3.64. The molecule has 2 N–H and O–H groups in total. The van der Waals surface area contributed by atoms with Gasteiger partial charge in [-0.05, 0) is 31.4 Å². The Labute approximate surface area is 72.6 Å². The third kappa shape index (κ3) is 1.50. The lowest BCUT2D eigenvalue weighted by atomic mass is 9.95. The largest absolute Gasteiger partial charge is 0.308 e. The van der Waals surface area contributed by atoms with E-state index in [9.17, 15) is 0 Å². The number of hydrogen-bond acceptors (Lipinski definition) is 2. The molecule has 66 valence electrons. The Morgan fingerprint density at radius 1 is 1.50 bits per heavy atom. The van der Waals surface area contributed by atoms with E-state index >= 15 is 0 Å². The van der Waals surface area contributed by atoms with Crippen molar-refractivity contribution in [1.82, 2.24) is 15.5 Å². The summed E-state index contributed by atoms with van der Waals surface area (Å²) in [6.07, 6.45) is 4.41. The summed E-state index contributed by atoms with van der Waals surface area (Å²) in [5.74, 6) is 0.820. The Balaban J connectivity index is 1.99. The van der Waals surface area contributed by atoms with Crippen molar-refractivity contribution in [3.63, 3.8) is 0 Å². The topological polar surface area (TPSA) is 40.7 Å². The molecule has 0 amide bonds. The van der Waals surface area contributed by atoms with Crippen LogP contribution in [0.1, 0.15) is 31.5 Å². The molecule has 1 fully saturated rings. The molecule has 0 aromatic carbocycles. The van der Waals surface area contributed by atoms with Gasteiger partial charge < -0.3 is 5.32 Å². The molecule has 0 aliphatic carbocycles. The van der Waals surface area contributed by atoms with Crippen LogP contribution in [0, 0.1) is 5.92 Å². The summed E-state index contributed by atoms with van der Waals surface area (Å²) in [6.45, 7) is 3.41. The smallest absolute Gasteiger partial charge is 0.0791 e.